The first-order valence-electron chi connectivity index (χ1n) is 5.91. The van der Waals surface area contributed by atoms with E-state index in [9.17, 15) is 18.0 Å². The van der Waals surface area contributed by atoms with Gasteiger partial charge in [-0.25, -0.2) is 9.52 Å². The number of ether oxygens (including phenoxy) is 1. The number of rotatable bonds is 5. The van der Waals surface area contributed by atoms with E-state index in [1.54, 1.807) is 18.6 Å². The molecule has 0 aromatic carbocycles. The number of nitrogens with zero attached hydrogens (tertiary/aromatic N) is 1. The van der Waals surface area contributed by atoms with Gasteiger partial charge in [0.1, 0.15) is 0 Å². The van der Waals surface area contributed by atoms with Gasteiger partial charge in [-0.1, -0.05) is 0 Å². The summed E-state index contributed by atoms with van der Waals surface area (Å²) in [7, 11) is -3.96. The summed E-state index contributed by atoms with van der Waals surface area (Å²) in [4.78, 5) is 21.8. The number of hydrogen-bond acceptors (Lipinski definition) is 5. The van der Waals surface area contributed by atoms with E-state index in [4.69, 9.17) is 5.11 Å². The number of amides is 1. The molecule has 110 valence electrons. The van der Waals surface area contributed by atoms with Gasteiger partial charge in [0.05, 0.1) is 6.10 Å². The quantitative estimate of drug-likeness (QED) is 0.747. The van der Waals surface area contributed by atoms with Crippen LogP contribution in [0.25, 0.3) is 0 Å². The van der Waals surface area contributed by atoms with Gasteiger partial charge in [-0.05, 0) is 26.2 Å². The maximum absolute atomic E-state index is 11.8. The van der Waals surface area contributed by atoms with E-state index in [1.165, 1.54) is 0 Å². The van der Waals surface area contributed by atoms with Crippen molar-refractivity contribution in [2.24, 2.45) is 5.92 Å². The molecule has 1 fully saturated rings. The third kappa shape index (κ3) is 5.03. The van der Waals surface area contributed by atoms with Crippen LogP contribution < -0.4 is 4.72 Å². The van der Waals surface area contributed by atoms with Gasteiger partial charge in [0.2, 0.25) is 0 Å². The Morgan fingerprint density at radius 2 is 2.11 bits per heavy atom. The van der Waals surface area contributed by atoms with Crippen molar-refractivity contribution in [3.63, 3.8) is 0 Å². The Morgan fingerprint density at radius 1 is 1.47 bits per heavy atom. The zero-order chi connectivity index (χ0) is 14.6. The fraction of sp³-hybridized carbons (Fsp3) is 0.800. The molecular weight excluding hydrogens is 276 g/mol. The average Bonchev–Trinajstić information content (AvgIpc) is 2.62. The predicted octanol–water partition coefficient (Wildman–Crippen LogP) is 0.162. The van der Waals surface area contributed by atoms with Crippen molar-refractivity contribution in [1.82, 2.24) is 9.03 Å². The van der Waals surface area contributed by atoms with E-state index in [1.807, 2.05) is 0 Å². The molecule has 0 bridgehead atoms. The van der Waals surface area contributed by atoms with Crippen LogP contribution >= 0.6 is 0 Å². The minimum absolute atomic E-state index is 0.0809. The van der Waals surface area contributed by atoms with Crippen molar-refractivity contribution in [2.45, 2.75) is 32.8 Å². The smallest absolute Gasteiger partial charge is 0.422 e. The molecule has 1 rings (SSSR count). The lowest BCUT2D eigenvalue weighted by atomic mass is 10.1. The van der Waals surface area contributed by atoms with Crippen LogP contribution in [0.15, 0.2) is 0 Å². The minimum Gasteiger partial charge on any atom is -0.481 e. The number of aliphatic carboxylic acids is 1. The monoisotopic (exact) mass is 294 g/mol. The van der Waals surface area contributed by atoms with Crippen molar-refractivity contribution in [2.75, 3.05) is 13.1 Å². The maximum Gasteiger partial charge on any atom is 0.422 e. The highest BCUT2D eigenvalue weighted by Gasteiger charge is 2.33. The van der Waals surface area contributed by atoms with E-state index >= 15 is 0 Å². The lowest BCUT2D eigenvalue weighted by Gasteiger charge is -2.17. The molecule has 1 unspecified atom stereocenters. The Kier molecular flexibility index (Phi) is 5.12. The highest BCUT2D eigenvalue weighted by atomic mass is 32.2. The second kappa shape index (κ2) is 6.20. The number of carboxylic acid groups (broad SMARTS) is 1. The summed E-state index contributed by atoms with van der Waals surface area (Å²) >= 11 is 0. The molecule has 1 aliphatic heterocycles. The Bertz CT molecular complexity index is 447. The molecule has 0 aromatic heterocycles. The average molecular weight is 294 g/mol. The second-order valence-corrected chi connectivity index (χ2v) is 6.34. The van der Waals surface area contributed by atoms with Gasteiger partial charge in [0.15, 0.2) is 0 Å². The van der Waals surface area contributed by atoms with Gasteiger partial charge in [0.25, 0.3) is 0 Å². The molecule has 1 atom stereocenters. The van der Waals surface area contributed by atoms with Crippen molar-refractivity contribution in [3.8, 4) is 0 Å². The number of hydrogen-bond donors (Lipinski definition) is 2. The topological polar surface area (TPSA) is 113 Å². The van der Waals surface area contributed by atoms with Crippen molar-refractivity contribution in [3.05, 3.63) is 0 Å². The Morgan fingerprint density at radius 3 is 2.63 bits per heavy atom. The lowest BCUT2D eigenvalue weighted by molar-refractivity contribution is -0.138. The van der Waals surface area contributed by atoms with E-state index in [0.717, 1.165) is 4.31 Å². The molecular formula is C10H18N2O6S. The number of carboxylic acids is 1. The molecule has 8 nitrogen and oxygen atoms in total. The van der Waals surface area contributed by atoms with Crippen LogP contribution in [0.4, 0.5) is 4.79 Å². The molecule has 0 saturated carbocycles. The summed E-state index contributed by atoms with van der Waals surface area (Å²) in [6, 6.07) is 0. The van der Waals surface area contributed by atoms with Crippen molar-refractivity contribution in [1.29, 1.82) is 0 Å². The summed E-state index contributed by atoms with van der Waals surface area (Å²) in [5.74, 6) is -1.19. The molecule has 19 heavy (non-hydrogen) atoms. The molecule has 2 N–H and O–H groups in total. The highest BCUT2D eigenvalue weighted by Crippen LogP contribution is 2.21. The Labute approximate surface area is 111 Å². The maximum atomic E-state index is 11.8. The standard InChI is InChI=1S/C10H18N2O6S/c1-7(2)18-10(15)11-19(16,17)12-4-3-8(6-12)5-9(13)14/h7-8H,3-6H2,1-2H3,(H,11,15)(H,13,14). The predicted molar refractivity (Wildman–Crippen MR) is 65.6 cm³/mol. The largest absolute Gasteiger partial charge is 0.481 e. The van der Waals surface area contributed by atoms with E-state index in [-0.39, 0.29) is 25.4 Å². The molecule has 0 aromatic rings. The minimum atomic E-state index is -3.96. The molecule has 1 amide bonds. The first kappa shape index (κ1) is 15.7. The van der Waals surface area contributed by atoms with Gasteiger partial charge in [-0.15, -0.1) is 0 Å². The molecule has 1 heterocycles. The number of carbonyl (C=O) groups is 2. The van der Waals surface area contributed by atoms with Gasteiger partial charge in [0, 0.05) is 19.5 Å². The molecule has 0 radical (unpaired) electrons. The first-order chi connectivity index (χ1) is 8.70. The summed E-state index contributed by atoms with van der Waals surface area (Å²) in [5, 5.41) is 8.65. The zero-order valence-corrected chi connectivity index (χ0v) is 11.6. The molecule has 1 saturated heterocycles. The van der Waals surface area contributed by atoms with Crippen molar-refractivity contribution >= 4 is 22.3 Å². The molecule has 0 spiro atoms. The Hall–Kier alpha value is -1.35. The van der Waals surface area contributed by atoms with Crippen LogP contribution in [0.5, 0.6) is 0 Å². The fourth-order valence-corrected chi connectivity index (χ4v) is 2.98. The third-order valence-corrected chi connectivity index (χ3v) is 4.04. The van der Waals surface area contributed by atoms with E-state index in [2.05, 4.69) is 4.74 Å². The Balaban J connectivity index is 2.55. The third-order valence-electron chi connectivity index (χ3n) is 2.61. The van der Waals surface area contributed by atoms with Gasteiger partial charge in [-0.2, -0.15) is 12.7 Å². The lowest BCUT2D eigenvalue weighted by Crippen LogP contribution is -2.43. The van der Waals surface area contributed by atoms with Crippen LogP contribution in [0, 0.1) is 5.92 Å². The zero-order valence-electron chi connectivity index (χ0n) is 10.8. The van der Waals surface area contributed by atoms with Gasteiger partial charge in [-0.3, -0.25) is 4.79 Å². The summed E-state index contributed by atoms with van der Waals surface area (Å²) in [6.07, 6.45) is -1.07. The summed E-state index contributed by atoms with van der Waals surface area (Å²) in [5.41, 5.74) is 0. The van der Waals surface area contributed by atoms with E-state index in [0.29, 0.717) is 6.42 Å². The highest BCUT2D eigenvalue weighted by molar-refractivity contribution is 7.87. The van der Waals surface area contributed by atoms with E-state index < -0.39 is 28.4 Å². The van der Waals surface area contributed by atoms with Gasteiger partial charge < -0.3 is 9.84 Å². The van der Waals surface area contributed by atoms with Crippen LogP contribution in [-0.2, 0) is 19.7 Å². The molecule has 0 aliphatic carbocycles. The molecule has 9 heteroatoms. The SMILES string of the molecule is CC(C)OC(=O)NS(=O)(=O)N1CCC(CC(=O)O)C1. The number of carbonyl (C=O) groups excluding carboxylic acids is 1. The summed E-state index contributed by atoms with van der Waals surface area (Å²) < 4.78 is 31.2. The first-order valence-corrected chi connectivity index (χ1v) is 7.35. The van der Waals surface area contributed by atoms with Crippen LogP contribution in [-0.4, -0.2) is 49.1 Å². The van der Waals surface area contributed by atoms with Crippen LogP contribution in [0.3, 0.4) is 0 Å². The second-order valence-electron chi connectivity index (χ2n) is 4.67. The van der Waals surface area contributed by atoms with Crippen LogP contribution in [0.2, 0.25) is 0 Å². The number of nitrogens with one attached hydrogen (secondary N) is 1. The fourth-order valence-electron chi connectivity index (χ4n) is 1.84. The van der Waals surface area contributed by atoms with Crippen LogP contribution in [0.1, 0.15) is 26.7 Å². The van der Waals surface area contributed by atoms with Crippen molar-refractivity contribution < 1.29 is 27.9 Å². The molecule has 1 aliphatic rings. The normalized spacial score (nSPS) is 20.5. The van der Waals surface area contributed by atoms with Gasteiger partial charge >= 0.3 is 22.3 Å². The summed E-state index contributed by atoms with van der Waals surface area (Å²) in [6.45, 7) is 3.49.